The van der Waals surface area contributed by atoms with Crippen molar-refractivity contribution < 1.29 is 0 Å². The van der Waals surface area contributed by atoms with E-state index in [2.05, 4.69) is 25.2 Å². The van der Waals surface area contributed by atoms with Crippen LogP contribution in [0.3, 0.4) is 0 Å². The molecular weight excluding hydrogens is 182 g/mol. The molecule has 0 aromatic heterocycles. The minimum absolute atomic E-state index is 0.740. The predicted octanol–water partition coefficient (Wildman–Crippen LogP) is 3.68. The van der Waals surface area contributed by atoms with Gasteiger partial charge < -0.3 is 5.32 Å². The largest absolute Gasteiger partial charge is 0.313 e. The average Bonchev–Trinajstić information content (AvgIpc) is 2.31. The number of hydrogen-bond donors (Lipinski definition) is 1. The van der Waals surface area contributed by atoms with E-state index in [1.165, 1.54) is 25.8 Å². The summed E-state index contributed by atoms with van der Waals surface area (Å²) in [5.74, 6) is 0.740. The maximum atomic E-state index is 3.44. The van der Waals surface area contributed by atoms with Gasteiger partial charge in [0, 0.05) is 6.54 Å². The van der Waals surface area contributed by atoms with Gasteiger partial charge in [0.2, 0.25) is 0 Å². The molecule has 0 aromatic carbocycles. The average molecular weight is 207 g/mol. The third kappa shape index (κ3) is 3.20. The van der Waals surface area contributed by atoms with Crippen molar-refractivity contribution >= 4 is 0 Å². The summed E-state index contributed by atoms with van der Waals surface area (Å²) in [6.07, 6.45) is 6.29. The number of nitrogens with one attached hydrogen (secondary N) is 1. The number of rotatable bonds is 1. The van der Waals surface area contributed by atoms with Gasteiger partial charge in [-0.05, 0) is 37.3 Å². The smallest absolute Gasteiger partial charge is 0.0170 e. The van der Waals surface area contributed by atoms with Crippen molar-refractivity contribution in [2.75, 3.05) is 13.1 Å². The van der Waals surface area contributed by atoms with Crippen molar-refractivity contribution in [2.24, 2.45) is 5.92 Å². The standard InChI is InChI=1S/C12H19N.C2H6/c1-9(2)10-3-4-12-8-13-6-5-11(12)7-10;1-2/h7,9,13H,3-6,8H2,1-2H3;1-2H3. The van der Waals surface area contributed by atoms with Crippen molar-refractivity contribution in [1.29, 1.82) is 0 Å². The molecule has 2 aliphatic rings. The first-order valence-corrected chi connectivity index (χ1v) is 6.39. The highest BCUT2D eigenvalue weighted by Crippen LogP contribution is 2.30. The Balaban J connectivity index is 0.000000531. The molecule has 0 amide bonds. The lowest BCUT2D eigenvalue weighted by molar-refractivity contribution is 0.623. The number of hydrogen-bond acceptors (Lipinski definition) is 1. The minimum atomic E-state index is 0.740. The number of allylic oxidation sites excluding steroid dienone is 2. The van der Waals surface area contributed by atoms with Gasteiger partial charge in [-0.25, -0.2) is 0 Å². The highest BCUT2D eigenvalue weighted by molar-refractivity contribution is 5.36. The second kappa shape index (κ2) is 6.12. The Labute approximate surface area is 94.6 Å². The molecular formula is C14H25N. The quantitative estimate of drug-likeness (QED) is 0.691. The Morgan fingerprint density at radius 1 is 1.13 bits per heavy atom. The van der Waals surface area contributed by atoms with Gasteiger partial charge in [-0.2, -0.15) is 0 Å². The predicted molar refractivity (Wildman–Crippen MR) is 68.0 cm³/mol. The van der Waals surface area contributed by atoms with Crippen LogP contribution in [0.15, 0.2) is 22.8 Å². The van der Waals surface area contributed by atoms with E-state index in [0.29, 0.717) is 0 Å². The molecule has 15 heavy (non-hydrogen) atoms. The summed E-state index contributed by atoms with van der Waals surface area (Å²) in [4.78, 5) is 0. The Kier molecular flexibility index (Phi) is 5.10. The zero-order valence-corrected chi connectivity index (χ0v) is 10.7. The normalized spacial score (nSPS) is 20.5. The van der Waals surface area contributed by atoms with Gasteiger partial charge in [0.1, 0.15) is 0 Å². The van der Waals surface area contributed by atoms with Crippen LogP contribution in [-0.4, -0.2) is 13.1 Å². The molecule has 0 unspecified atom stereocenters. The van der Waals surface area contributed by atoms with Gasteiger partial charge in [-0.3, -0.25) is 0 Å². The van der Waals surface area contributed by atoms with Crippen LogP contribution >= 0.6 is 0 Å². The first-order chi connectivity index (χ1) is 7.27. The maximum Gasteiger partial charge on any atom is 0.0170 e. The molecule has 1 aliphatic heterocycles. The van der Waals surface area contributed by atoms with Gasteiger partial charge in [0.15, 0.2) is 0 Å². The van der Waals surface area contributed by atoms with Crippen molar-refractivity contribution in [1.82, 2.24) is 5.32 Å². The van der Waals surface area contributed by atoms with Gasteiger partial charge >= 0.3 is 0 Å². The zero-order chi connectivity index (χ0) is 11.3. The molecule has 0 saturated carbocycles. The fourth-order valence-corrected chi connectivity index (χ4v) is 2.22. The molecule has 0 spiro atoms. The second-order valence-electron chi connectivity index (χ2n) is 4.43. The fourth-order valence-electron chi connectivity index (χ4n) is 2.22. The third-order valence-electron chi connectivity index (χ3n) is 3.18. The Bertz CT molecular complexity index is 259. The first kappa shape index (κ1) is 12.5. The van der Waals surface area contributed by atoms with E-state index in [9.17, 15) is 0 Å². The van der Waals surface area contributed by atoms with Gasteiger partial charge in [-0.15, -0.1) is 0 Å². The molecule has 0 fully saturated rings. The van der Waals surface area contributed by atoms with Crippen molar-refractivity contribution in [3.05, 3.63) is 22.8 Å². The molecule has 0 atom stereocenters. The molecule has 1 N–H and O–H groups in total. The molecule has 0 saturated heterocycles. The van der Waals surface area contributed by atoms with Gasteiger partial charge in [-0.1, -0.05) is 44.9 Å². The molecule has 1 nitrogen and oxygen atoms in total. The summed E-state index contributed by atoms with van der Waals surface area (Å²) in [6, 6.07) is 0. The van der Waals surface area contributed by atoms with Crippen LogP contribution < -0.4 is 5.32 Å². The highest BCUT2D eigenvalue weighted by Gasteiger charge is 2.17. The zero-order valence-electron chi connectivity index (χ0n) is 10.7. The van der Waals surface area contributed by atoms with E-state index in [0.717, 1.165) is 12.5 Å². The molecule has 0 aromatic rings. The maximum absolute atomic E-state index is 3.44. The summed E-state index contributed by atoms with van der Waals surface area (Å²) in [7, 11) is 0. The van der Waals surface area contributed by atoms with Crippen LogP contribution in [-0.2, 0) is 0 Å². The summed E-state index contributed by atoms with van der Waals surface area (Å²) in [5, 5.41) is 3.44. The topological polar surface area (TPSA) is 12.0 Å². The van der Waals surface area contributed by atoms with E-state index >= 15 is 0 Å². The van der Waals surface area contributed by atoms with Crippen molar-refractivity contribution in [3.8, 4) is 0 Å². The van der Waals surface area contributed by atoms with E-state index in [4.69, 9.17) is 0 Å². The lowest BCUT2D eigenvalue weighted by Gasteiger charge is -2.26. The fraction of sp³-hybridized carbons (Fsp3) is 0.714. The Morgan fingerprint density at radius 3 is 2.53 bits per heavy atom. The van der Waals surface area contributed by atoms with Crippen LogP contribution in [0.1, 0.15) is 47.0 Å². The second-order valence-corrected chi connectivity index (χ2v) is 4.43. The van der Waals surface area contributed by atoms with E-state index in [1.54, 1.807) is 16.7 Å². The summed E-state index contributed by atoms with van der Waals surface area (Å²) in [6.45, 7) is 10.9. The first-order valence-electron chi connectivity index (χ1n) is 6.39. The van der Waals surface area contributed by atoms with E-state index in [-0.39, 0.29) is 0 Å². The van der Waals surface area contributed by atoms with Crippen molar-refractivity contribution in [3.63, 3.8) is 0 Å². The molecule has 0 radical (unpaired) electrons. The molecule has 0 bridgehead atoms. The lowest BCUT2D eigenvalue weighted by atomic mass is 9.85. The Hall–Kier alpha value is -0.560. The van der Waals surface area contributed by atoms with Crippen LogP contribution in [0.4, 0.5) is 0 Å². The summed E-state index contributed by atoms with van der Waals surface area (Å²) >= 11 is 0. The van der Waals surface area contributed by atoms with E-state index < -0.39 is 0 Å². The minimum Gasteiger partial charge on any atom is -0.313 e. The molecule has 1 heteroatoms. The van der Waals surface area contributed by atoms with Gasteiger partial charge in [0.25, 0.3) is 0 Å². The lowest BCUT2D eigenvalue weighted by Crippen LogP contribution is -2.26. The molecule has 2 rings (SSSR count). The molecule has 1 aliphatic carbocycles. The SMILES string of the molecule is CC.CC(C)C1=CC2=C(CC1)CNCC2. The summed E-state index contributed by atoms with van der Waals surface area (Å²) < 4.78 is 0. The van der Waals surface area contributed by atoms with Crippen LogP contribution in [0, 0.1) is 5.92 Å². The van der Waals surface area contributed by atoms with E-state index in [1.807, 2.05) is 13.8 Å². The van der Waals surface area contributed by atoms with Gasteiger partial charge in [0.05, 0.1) is 0 Å². The van der Waals surface area contributed by atoms with Crippen LogP contribution in [0.2, 0.25) is 0 Å². The molecule has 86 valence electrons. The monoisotopic (exact) mass is 207 g/mol. The summed E-state index contributed by atoms with van der Waals surface area (Å²) in [5.41, 5.74) is 4.95. The van der Waals surface area contributed by atoms with Crippen molar-refractivity contribution in [2.45, 2.75) is 47.0 Å². The van der Waals surface area contributed by atoms with Crippen LogP contribution in [0.5, 0.6) is 0 Å². The third-order valence-corrected chi connectivity index (χ3v) is 3.18. The molecule has 1 heterocycles. The Morgan fingerprint density at radius 2 is 1.87 bits per heavy atom. The highest BCUT2D eigenvalue weighted by atomic mass is 14.9. The van der Waals surface area contributed by atoms with Crippen LogP contribution in [0.25, 0.3) is 0 Å².